The molecule has 0 aliphatic heterocycles. The van der Waals surface area contributed by atoms with Gasteiger partial charge in [-0.05, 0) is 0 Å². The van der Waals surface area contributed by atoms with Gasteiger partial charge in [0.05, 0.1) is 5.02 Å². The van der Waals surface area contributed by atoms with Crippen LogP contribution in [0.3, 0.4) is 0 Å². The first-order valence-corrected chi connectivity index (χ1v) is 3.61. The van der Waals surface area contributed by atoms with E-state index in [1.807, 2.05) is 0 Å². The standard InChI is InChI=1S/C5H4Cl2N2S.Na/c6-3-2(10)1-9-5(8)4(3)7;/h1,10H,(H2,8,9);. The number of nitrogens with two attached hydrogens (primary N) is 1. The molecule has 0 unspecified atom stereocenters. The summed E-state index contributed by atoms with van der Waals surface area (Å²) in [4.78, 5) is 4.25. The molecule has 0 saturated carbocycles. The molecule has 0 aliphatic rings. The molecule has 1 radical (unpaired) electrons. The smallest absolute Gasteiger partial charge is 0.143 e. The molecule has 1 rings (SSSR count). The van der Waals surface area contributed by atoms with E-state index in [2.05, 4.69) is 17.6 Å². The van der Waals surface area contributed by atoms with E-state index in [0.717, 1.165) is 0 Å². The third-order valence-electron chi connectivity index (χ3n) is 0.968. The van der Waals surface area contributed by atoms with E-state index >= 15 is 0 Å². The SMILES string of the molecule is Nc1ncc(S)c(Cl)c1Cl.[Na]. The van der Waals surface area contributed by atoms with Crippen LogP contribution in [0.15, 0.2) is 11.1 Å². The normalized spacial score (nSPS) is 9.00. The van der Waals surface area contributed by atoms with Crippen molar-refractivity contribution in [3.63, 3.8) is 0 Å². The number of halogens is 2. The second-order valence-electron chi connectivity index (χ2n) is 1.66. The van der Waals surface area contributed by atoms with Gasteiger partial charge in [-0.2, -0.15) is 0 Å². The van der Waals surface area contributed by atoms with Crippen molar-refractivity contribution < 1.29 is 0 Å². The number of nitrogens with zero attached hydrogens (tertiary/aromatic N) is 1. The van der Waals surface area contributed by atoms with Gasteiger partial charge in [0.25, 0.3) is 0 Å². The third kappa shape index (κ3) is 2.68. The van der Waals surface area contributed by atoms with E-state index in [0.29, 0.717) is 9.92 Å². The van der Waals surface area contributed by atoms with E-state index in [1.54, 1.807) is 0 Å². The second kappa shape index (κ2) is 4.80. The van der Waals surface area contributed by atoms with Crippen LogP contribution >= 0.6 is 35.8 Å². The van der Waals surface area contributed by atoms with Gasteiger partial charge in [0, 0.05) is 40.6 Å². The minimum atomic E-state index is 0. The topological polar surface area (TPSA) is 38.9 Å². The zero-order valence-corrected chi connectivity index (χ0v) is 10.2. The van der Waals surface area contributed by atoms with Gasteiger partial charge in [-0.25, -0.2) is 4.98 Å². The van der Waals surface area contributed by atoms with Crippen LogP contribution in [0.25, 0.3) is 0 Å². The molecule has 0 bridgehead atoms. The molecule has 2 N–H and O–H groups in total. The van der Waals surface area contributed by atoms with Gasteiger partial charge in [-0.15, -0.1) is 12.6 Å². The number of aromatic nitrogens is 1. The quantitative estimate of drug-likeness (QED) is 0.515. The van der Waals surface area contributed by atoms with Crippen LogP contribution in [0.2, 0.25) is 10.0 Å². The van der Waals surface area contributed by atoms with Crippen molar-refractivity contribution in [1.29, 1.82) is 0 Å². The maximum Gasteiger partial charge on any atom is 0.143 e. The number of rotatable bonds is 0. The molecule has 1 aromatic heterocycles. The Balaban J connectivity index is 0.000001000. The Labute approximate surface area is 102 Å². The van der Waals surface area contributed by atoms with Gasteiger partial charge in [-0.1, -0.05) is 23.2 Å². The van der Waals surface area contributed by atoms with Crippen molar-refractivity contribution in [2.75, 3.05) is 5.73 Å². The number of hydrogen-bond acceptors (Lipinski definition) is 3. The van der Waals surface area contributed by atoms with E-state index in [1.165, 1.54) is 6.20 Å². The van der Waals surface area contributed by atoms with Crippen LogP contribution in [0.1, 0.15) is 0 Å². The Hall–Kier alpha value is 0.880. The molecule has 1 aromatic rings. The molecule has 6 heteroatoms. The summed E-state index contributed by atoms with van der Waals surface area (Å²) in [5, 5.41) is 0.603. The molecule has 0 aliphatic carbocycles. The molecule has 1 heterocycles. The molecule has 11 heavy (non-hydrogen) atoms. The van der Waals surface area contributed by atoms with Crippen molar-refractivity contribution in [3.05, 3.63) is 16.2 Å². The maximum atomic E-state index is 5.65. The van der Waals surface area contributed by atoms with Crippen molar-refractivity contribution in [1.82, 2.24) is 4.98 Å². The minimum Gasteiger partial charge on any atom is -0.382 e. The largest absolute Gasteiger partial charge is 0.382 e. The van der Waals surface area contributed by atoms with Crippen LogP contribution in [0, 0.1) is 0 Å². The summed E-state index contributed by atoms with van der Waals surface area (Å²) >= 11 is 15.2. The third-order valence-corrected chi connectivity index (χ3v) is 2.31. The molecular formula is C5H4Cl2N2NaS. The molecule has 0 spiro atoms. The fraction of sp³-hybridized carbons (Fsp3) is 0. The summed E-state index contributed by atoms with van der Waals surface area (Å²) in [6, 6.07) is 0. The molecule has 0 atom stereocenters. The summed E-state index contributed by atoms with van der Waals surface area (Å²) < 4.78 is 0. The van der Waals surface area contributed by atoms with Crippen molar-refractivity contribution >= 4 is 71.2 Å². The average Bonchev–Trinajstić information content (AvgIpc) is 1.93. The molecule has 0 amide bonds. The van der Waals surface area contributed by atoms with Gasteiger partial charge in [0.1, 0.15) is 10.8 Å². The molecule has 55 valence electrons. The van der Waals surface area contributed by atoms with Gasteiger partial charge in [0.2, 0.25) is 0 Å². The van der Waals surface area contributed by atoms with Crippen LogP contribution in [0.5, 0.6) is 0 Å². The van der Waals surface area contributed by atoms with E-state index in [-0.39, 0.29) is 40.4 Å². The summed E-state index contributed by atoms with van der Waals surface area (Å²) in [6.45, 7) is 0. The zero-order valence-electron chi connectivity index (χ0n) is 5.81. The van der Waals surface area contributed by atoms with Crippen molar-refractivity contribution in [2.45, 2.75) is 4.90 Å². The van der Waals surface area contributed by atoms with Crippen molar-refractivity contribution in [3.8, 4) is 0 Å². The first-order valence-electron chi connectivity index (χ1n) is 2.41. The number of anilines is 1. The summed E-state index contributed by atoms with van der Waals surface area (Å²) in [7, 11) is 0. The number of nitrogen functional groups attached to an aromatic ring is 1. The summed E-state index contributed by atoms with van der Waals surface area (Å²) in [5.41, 5.74) is 5.33. The molecule has 0 fully saturated rings. The van der Waals surface area contributed by atoms with Crippen LogP contribution in [-0.4, -0.2) is 34.5 Å². The summed E-state index contributed by atoms with van der Waals surface area (Å²) in [6.07, 6.45) is 1.45. The Morgan fingerprint density at radius 2 is 1.91 bits per heavy atom. The Morgan fingerprint density at radius 1 is 1.36 bits per heavy atom. The van der Waals surface area contributed by atoms with Gasteiger partial charge >= 0.3 is 0 Å². The molecule has 0 aromatic carbocycles. The first-order chi connectivity index (χ1) is 4.63. The molecular weight excluding hydrogens is 214 g/mol. The fourth-order valence-electron chi connectivity index (χ4n) is 0.469. The zero-order chi connectivity index (χ0) is 7.72. The van der Waals surface area contributed by atoms with Crippen LogP contribution in [0.4, 0.5) is 5.82 Å². The van der Waals surface area contributed by atoms with E-state index in [4.69, 9.17) is 28.9 Å². The number of thiol groups is 1. The van der Waals surface area contributed by atoms with E-state index < -0.39 is 0 Å². The number of pyridine rings is 1. The minimum absolute atomic E-state index is 0. The second-order valence-corrected chi connectivity index (χ2v) is 2.89. The average molecular weight is 218 g/mol. The number of hydrogen-bond donors (Lipinski definition) is 2. The Bertz CT molecular complexity index is 242. The first kappa shape index (κ1) is 11.9. The predicted molar refractivity (Wildman–Crippen MR) is 51.7 cm³/mol. The molecule has 2 nitrogen and oxygen atoms in total. The van der Waals surface area contributed by atoms with Gasteiger partial charge in [-0.3, -0.25) is 0 Å². The monoisotopic (exact) mass is 217 g/mol. The Morgan fingerprint density at radius 3 is 2.36 bits per heavy atom. The fourth-order valence-corrected chi connectivity index (χ4v) is 1.00. The molecule has 0 saturated heterocycles. The Kier molecular flexibility index (Phi) is 5.18. The predicted octanol–water partition coefficient (Wildman–Crippen LogP) is 1.88. The van der Waals surface area contributed by atoms with Gasteiger partial charge in [0.15, 0.2) is 0 Å². The van der Waals surface area contributed by atoms with Crippen molar-refractivity contribution in [2.24, 2.45) is 0 Å². The summed E-state index contributed by atoms with van der Waals surface area (Å²) in [5.74, 6) is 0.226. The van der Waals surface area contributed by atoms with E-state index in [9.17, 15) is 0 Å². The van der Waals surface area contributed by atoms with Crippen LogP contribution in [-0.2, 0) is 0 Å². The maximum absolute atomic E-state index is 5.65. The van der Waals surface area contributed by atoms with Gasteiger partial charge < -0.3 is 5.73 Å². The van der Waals surface area contributed by atoms with Crippen LogP contribution < -0.4 is 5.73 Å².